The van der Waals surface area contributed by atoms with Crippen LogP contribution in [0.2, 0.25) is 0 Å². The second-order valence-corrected chi connectivity index (χ2v) is 5.34. The van der Waals surface area contributed by atoms with E-state index in [-0.39, 0.29) is 18.9 Å². The fourth-order valence-corrected chi connectivity index (χ4v) is 2.40. The molecule has 0 aliphatic rings. The van der Waals surface area contributed by atoms with E-state index >= 15 is 0 Å². The third kappa shape index (κ3) is 11.4. The van der Waals surface area contributed by atoms with Gasteiger partial charge in [0.2, 0.25) is 0 Å². The van der Waals surface area contributed by atoms with Gasteiger partial charge in [0.25, 0.3) is 0 Å². The summed E-state index contributed by atoms with van der Waals surface area (Å²) in [4.78, 5) is 0. The topological polar surface area (TPSA) is 0 Å². The molecular formula is C18H30Li. The van der Waals surface area contributed by atoms with Crippen LogP contribution in [0.25, 0.3) is 0 Å². The monoisotopic (exact) mass is 253 g/mol. The maximum atomic E-state index is 3.07. The molecule has 0 atom stereocenters. The first-order valence-electron chi connectivity index (χ1n) is 7.88. The molecule has 0 saturated carbocycles. The van der Waals surface area contributed by atoms with Crippen molar-refractivity contribution in [3.8, 4) is 0 Å². The number of benzene rings is 1. The maximum absolute atomic E-state index is 3.07. The Morgan fingerprint density at radius 1 is 0.737 bits per heavy atom. The SMILES string of the molecule is CCCCCCCCCCCCc1cc[c]cc1.[LiH]. The molecule has 0 bridgehead atoms. The summed E-state index contributed by atoms with van der Waals surface area (Å²) in [5, 5.41) is 0. The van der Waals surface area contributed by atoms with Gasteiger partial charge < -0.3 is 0 Å². The fraction of sp³-hybridized carbons (Fsp3) is 0.667. The zero-order chi connectivity index (χ0) is 12.9. The van der Waals surface area contributed by atoms with Crippen LogP contribution in [0.15, 0.2) is 24.3 Å². The number of hydrogen-bond donors (Lipinski definition) is 0. The van der Waals surface area contributed by atoms with Gasteiger partial charge in [-0.3, -0.25) is 0 Å². The van der Waals surface area contributed by atoms with Crippen LogP contribution in [0.1, 0.15) is 76.7 Å². The van der Waals surface area contributed by atoms with Crippen molar-refractivity contribution < 1.29 is 0 Å². The van der Waals surface area contributed by atoms with Crippen LogP contribution in [-0.2, 0) is 6.42 Å². The molecule has 0 heterocycles. The minimum absolute atomic E-state index is 0. The Morgan fingerprint density at radius 2 is 1.21 bits per heavy atom. The Labute approximate surface area is 132 Å². The van der Waals surface area contributed by atoms with Gasteiger partial charge in [-0.25, -0.2) is 0 Å². The Morgan fingerprint density at radius 3 is 1.74 bits per heavy atom. The second kappa shape index (κ2) is 14.2. The molecule has 1 heteroatoms. The first kappa shape index (κ1) is 18.8. The number of rotatable bonds is 11. The van der Waals surface area contributed by atoms with Crippen molar-refractivity contribution in [1.29, 1.82) is 0 Å². The summed E-state index contributed by atoms with van der Waals surface area (Å²) < 4.78 is 0. The molecule has 0 amide bonds. The normalized spacial score (nSPS) is 10.2. The van der Waals surface area contributed by atoms with Gasteiger partial charge in [-0.15, -0.1) is 0 Å². The molecule has 0 saturated heterocycles. The summed E-state index contributed by atoms with van der Waals surface area (Å²) in [5.74, 6) is 0. The number of aryl methyl sites for hydroxylation is 1. The van der Waals surface area contributed by atoms with E-state index in [0.717, 1.165) is 0 Å². The Kier molecular flexibility index (Phi) is 14.1. The molecule has 0 aromatic heterocycles. The fourth-order valence-electron chi connectivity index (χ4n) is 2.40. The summed E-state index contributed by atoms with van der Waals surface area (Å²) in [6.45, 7) is 2.28. The molecule has 0 fully saturated rings. The molecule has 0 aliphatic heterocycles. The van der Waals surface area contributed by atoms with Crippen molar-refractivity contribution in [2.24, 2.45) is 0 Å². The summed E-state index contributed by atoms with van der Waals surface area (Å²) in [7, 11) is 0. The van der Waals surface area contributed by atoms with Gasteiger partial charge in [0, 0.05) is 0 Å². The Hall–Kier alpha value is -0.183. The van der Waals surface area contributed by atoms with Crippen molar-refractivity contribution in [2.45, 2.75) is 77.6 Å². The van der Waals surface area contributed by atoms with Crippen molar-refractivity contribution in [3.63, 3.8) is 0 Å². The quantitative estimate of drug-likeness (QED) is 0.371. The van der Waals surface area contributed by atoms with E-state index in [1.54, 1.807) is 0 Å². The predicted molar refractivity (Wildman–Crippen MR) is 88.0 cm³/mol. The predicted octanol–water partition coefficient (Wildman–Crippen LogP) is 5.30. The Balaban J connectivity index is 0.00000324. The zero-order valence-electron chi connectivity index (χ0n) is 12.1. The molecule has 0 N–H and O–H groups in total. The molecule has 1 aromatic carbocycles. The van der Waals surface area contributed by atoms with Crippen LogP contribution in [0, 0.1) is 6.07 Å². The van der Waals surface area contributed by atoms with Crippen LogP contribution in [0.5, 0.6) is 0 Å². The molecule has 0 aliphatic carbocycles. The molecule has 103 valence electrons. The third-order valence-electron chi connectivity index (χ3n) is 3.61. The van der Waals surface area contributed by atoms with Crippen LogP contribution < -0.4 is 0 Å². The van der Waals surface area contributed by atoms with Gasteiger partial charge >= 0.3 is 18.9 Å². The van der Waals surface area contributed by atoms with Crippen LogP contribution in [0.4, 0.5) is 0 Å². The summed E-state index contributed by atoms with van der Waals surface area (Å²) in [6, 6.07) is 11.5. The second-order valence-electron chi connectivity index (χ2n) is 5.34. The molecule has 1 aromatic rings. The molecular weight excluding hydrogens is 223 g/mol. The van der Waals surface area contributed by atoms with Gasteiger partial charge in [-0.05, 0) is 24.5 Å². The Bertz CT molecular complexity index is 268. The zero-order valence-corrected chi connectivity index (χ0v) is 12.1. The van der Waals surface area contributed by atoms with E-state index in [0.29, 0.717) is 0 Å². The standard InChI is InChI=1S/C18H29.Li.H/c1-2-3-4-5-6-7-8-9-10-12-15-18-16-13-11-14-17-18;;/h13-14,16-17H,2-10,12,15H2,1H3;;. The van der Waals surface area contributed by atoms with E-state index in [1.165, 1.54) is 76.2 Å². The minimum atomic E-state index is 0. The summed E-state index contributed by atoms with van der Waals surface area (Å²) in [6.07, 6.45) is 15.4. The molecule has 1 radical (unpaired) electrons. The average molecular weight is 253 g/mol. The van der Waals surface area contributed by atoms with E-state index < -0.39 is 0 Å². The first-order chi connectivity index (χ1) is 8.93. The molecule has 0 spiro atoms. The van der Waals surface area contributed by atoms with Crippen molar-refractivity contribution in [2.75, 3.05) is 0 Å². The van der Waals surface area contributed by atoms with Gasteiger partial charge in [0.1, 0.15) is 0 Å². The molecule has 0 unspecified atom stereocenters. The van der Waals surface area contributed by atoms with E-state index in [1.807, 2.05) is 12.1 Å². The van der Waals surface area contributed by atoms with Crippen molar-refractivity contribution in [3.05, 3.63) is 35.9 Å². The molecule has 1 rings (SSSR count). The van der Waals surface area contributed by atoms with Crippen LogP contribution >= 0.6 is 0 Å². The van der Waals surface area contributed by atoms with Crippen LogP contribution in [0.3, 0.4) is 0 Å². The van der Waals surface area contributed by atoms with E-state index in [9.17, 15) is 0 Å². The molecule has 0 nitrogen and oxygen atoms in total. The van der Waals surface area contributed by atoms with Crippen molar-refractivity contribution in [1.82, 2.24) is 0 Å². The van der Waals surface area contributed by atoms with Crippen LogP contribution in [-0.4, -0.2) is 18.9 Å². The number of hydrogen-bond acceptors (Lipinski definition) is 0. The van der Waals surface area contributed by atoms with E-state index in [2.05, 4.69) is 25.1 Å². The summed E-state index contributed by atoms with van der Waals surface area (Å²) in [5.41, 5.74) is 1.47. The van der Waals surface area contributed by atoms with Gasteiger partial charge in [0.05, 0.1) is 0 Å². The van der Waals surface area contributed by atoms with Gasteiger partial charge in [-0.2, -0.15) is 0 Å². The summed E-state index contributed by atoms with van der Waals surface area (Å²) >= 11 is 0. The van der Waals surface area contributed by atoms with Gasteiger partial charge in [-0.1, -0.05) is 89.0 Å². The third-order valence-corrected chi connectivity index (χ3v) is 3.61. The van der Waals surface area contributed by atoms with Gasteiger partial charge in [0.15, 0.2) is 0 Å². The molecule has 19 heavy (non-hydrogen) atoms. The van der Waals surface area contributed by atoms with Crippen molar-refractivity contribution >= 4 is 18.9 Å². The average Bonchev–Trinajstić information content (AvgIpc) is 2.42. The van der Waals surface area contributed by atoms with E-state index in [4.69, 9.17) is 0 Å². The first-order valence-corrected chi connectivity index (χ1v) is 7.88. The number of unbranched alkanes of at least 4 members (excludes halogenated alkanes) is 9.